The second-order valence-electron chi connectivity index (χ2n) is 7.66. The molecular weight excluding hydrogens is 236 g/mol. The van der Waals surface area contributed by atoms with Crippen LogP contribution in [0.1, 0.15) is 47.0 Å². The van der Waals surface area contributed by atoms with Crippen molar-refractivity contribution in [2.24, 2.45) is 11.3 Å². The average molecular weight is 268 g/mol. The first kappa shape index (κ1) is 15.3. The summed E-state index contributed by atoms with van der Waals surface area (Å²) in [5, 5.41) is 10.2. The van der Waals surface area contributed by atoms with E-state index in [4.69, 9.17) is 0 Å². The summed E-state index contributed by atoms with van der Waals surface area (Å²) in [5.41, 5.74) is 0.420. The maximum atomic E-state index is 10.2. The molecule has 0 aromatic heterocycles. The van der Waals surface area contributed by atoms with Crippen LogP contribution in [0.5, 0.6) is 0 Å². The molecular formula is C16H32N2O. The van der Waals surface area contributed by atoms with Gasteiger partial charge in [-0.25, -0.2) is 0 Å². The molecule has 0 spiro atoms. The Morgan fingerprint density at radius 2 is 1.79 bits per heavy atom. The van der Waals surface area contributed by atoms with Crippen LogP contribution in [0.3, 0.4) is 0 Å². The summed E-state index contributed by atoms with van der Waals surface area (Å²) in [7, 11) is 0. The van der Waals surface area contributed by atoms with E-state index in [0.29, 0.717) is 17.4 Å². The Balaban J connectivity index is 1.81. The maximum Gasteiger partial charge on any atom is 0.0581 e. The van der Waals surface area contributed by atoms with E-state index >= 15 is 0 Å². The molecule has 2 atom stereocenters. The number of aliphatic hydroxyl groups is 1. The van der Waals surface area contributed by atoms with Crippen molar-refractivity contribution in [2.75, 3.05) is 32.7 Å². The van der Waals surface area contributed by atoms with E-state index in [1.54, 1.807) is 0 Å². The molecule has 112 valence electrons. The molecule has 1 aliphatic heterocycles. The van der Waals surface area contributed by atoms with Gasteiger partial charge in [-0.05, 0) is 44.4 Å². The molecule has 2 unspecified atom stereocenters. The minimum absolute atomic E-state index is 0.0730. The summed E-state index contributed by atoms with van der Waals surface area (Å²) in [6.07, 6.45) is 3.27. The molecule has 1 N–H and O–H groups in total. The van der Waals surface area contributed by atoms with Crippen molar-refractivity contribution in [3.05, 3.63) is 0 Å². The lowest BCUT2D eigenvalue weighted by Crippen LogP contribution is -2.51. The van der Waals surface area contributed by atoms with Crippen molar-refractivity contribution in [3.63, 3.8) is 0 Å². The van der Waals surface area contributed by atoms with Gasteiger partial charge >= 0.3 is 0 Å². The van der Waals surface area contributed by atoms with E-state index in [1.165, 1.54) is 39.0 Å². The van der Waals surface area contributed by atoms with Crippen LogP contribution in [-0.2, 0) is 0 Å². The van der Waals surface area contributed by atoms with Crippen LogP contribution >= 0.6 is 0 Å². The highest BCUT2D eigenvalue weighted by atomic mass is 16.3. The third-order valence-corrected chi connectivity index (χ3v) is 5.11. The fraction of sp³-hybridized carbons (Fsp3) is 1.00. The number of rotatable bonds is 3. The van der Waals surface area contributed by atoms with Gasteiger partial charge in [0.25, 0.3) is 0 Å². The standard InChI is InChI=1S/C16H32N2O/c1-13(2)18-9-7-17(8-10-18)12-14-11-16(3,4)6-5-15(14)19/h13-15,19H,5-12H2,1-4H3. The quantitative estimate of drug-likeness (QED) is 0.850. The van der Waals surface area contributed by atoms with Gasteiger partial charge in [0.15, 0.2) is 0 Å². The molecule has 0 radical (unpaired) electrons. The van der Waals surface area contributed by atoms with Gasteiger partial charge in [-0.1, -0.05) is 13.8 Å². The Hall–Kier alpha value is -0.120. The van der Waals surface area contributed by atoms with Crippen LogP contribution in [0.15, 0.2) is 0 Å². The molecule has 1 saturated heterocycles. The van der Waals surface area contributed by atoms with E-state index in [1.807, 2.05) is 0 Å². The predicted molar refractivity (Wildman–Crippen MR) is 80.3 cm³/mol. The Morgan fingerprint density at radius 1 is 1.16 bits per heavy atom. The molecule has 1 saturated carbocycles. The molecule has 2 aliphatic rings. The first-order chi connectivity index (χ1) is 8.87. The number of hydrogen-bond donors (Lipinski definition) is 1. The number of nitrogens with zero attached hydrogens (tertiary/aromatic N) is 2. The largest absolute Gasteiger partial charge is 0.393 e. The normalized spacial score (nSPS) is 33.8. The summed E-state index contributed by atoms with van der Waals surface area (Å²) >= 11 is 0. The molecule has 19 heavy (non-hydrogen) atoms. The van der Waals surface area contributed by atoms with Crippen molar-refractivity contribution in [1.82, 2.24) is 9.80 Å². The molecule has 3 heteroatoms. The summed E-state index contributed by atoms with van der Waals surface area (Å²) in [6.45, 7) is 15.1. The molecule has 1 heterocycles. The lowest BCUT2D eigenvalue weighted by molar-refractivity contribution is -0.00530. The fourth-order valence-electron chi connectivity index (χ4n) is 3.70. The number of aliphatic hydroxyl groups excluding tert-OH is 1. The molecule has 0 aromatic carbocycles. The third-order valence-electron chi connectivity index (χ3n) is 5.11. The van der Waals surface area contributed by atoms with Crippen molar-refractivity contribution in [2.45, 2.75) is 59.1 Å². The molecule has 2 rings (SSSR count). The molecule has 0 amide bonds. The fourth-order valence-corrected chi connectivity index (χ4v) is 3.70. The second-order valence-corrected chi connectivity index (χ2v) is 7.66. The van der Waals surface area contributed by atoms with Gasteiger partial charge in [-0.15, -0.1) is 0 Å². The van der Waals surface area contributed by atoms with Crippen molar-refractivity contribution in [3.8, 4) is 0 Å². The predicted octanol–water partition coefficient (Wildman–Crippen LogP) is 2.20. The van der Waals surface area contributed by atoms with E-state index in [9.17, 15) is 5.11 Å². The molecule has 1 aliphatic carbocycles. The topological polar surface area (TPSA) is 26.7 Å². The second kappa shape index (κ2) is 6.11. The summed E-state index contributed by atoms with van der Waals surface area (Å²) < 4.78 is 0. The van der Waals surface area contributed by atoms with Gasteiger partial charge < -0.3 is 10.0 Å². The molecule has 0 aromatic rings. The lowest BCUT2D eigenvalue weighted by atomic mass is 9.70. The van der Waals surface area contributed by atoms with Gasteiger partial charge in [0.2, 0.25) is 0 Å². The minimum Gasteiger partial charge on any atom is -0.393 e. The smallest absolute Gasteiger partial charge is 0.0581 e. The Labute approximate surface area is 119 Å². The first-order valence-electron chi connectivity index (χ1n) is 8.02. The summed E-state index contributed by atoms with van der Waals surface area (Å²) in [5.74, 6) is 0.481. The van der Waals surface area contributed by atoms with Gasteiger partial charge in [0.1, 0.15) is 0 Å². The SMILES string of the molecule is CC(C)N1CCN(CC2CC(C)(C)CCC2O)CC1. The van der Waals surface area contributed by atoms with Crippen LogP contribution in [0.4, 0.5) is 0 Å². The third kappa shape index (κ3) is 4.17. The summed E-state index contributed by atoms with van der Waals surface area (Å²) in [6, 6.07) is 0.668. The summed E-state index contributed by atoms with van der Waals surface area (Å²) in [4.78, 5) is 5.12. The number of hydrogen-bond acceptors (Lipinski definition) is 3. The van der Waals surface area contributed by atoms with Gasteiger partial charge in [0.05, 0.1) is 6.10 Å². The monoisotopic (exact) mass is 268 g/mol. The van der Waals surface area contributed by atoms with Crippen LogP contribution in [0, 0.1) is 11.3 Å². The van der Waals surface area contributed by atoms with Crippen molar-refractivity contribution >= 4 is 0 Å². The highest BCUT2D eigenvalue weighted by Crippen LogP contribution is 2.39. The van der Waals surface area contributed by atoms with E-state index in [-0.39, 0.29) is 6.10 Å². The highest BCUT2D eigenvalue weighted by molar-refractivity contribution is 4.87. The Morgan fingerprint density at radius 3 is 2.37 bits per heavy atom. The van der Waals surface area contributed by atoms with Crippen molar-refractivity contribution < 1.29 is 5.11 Å². The Kier molecular flexibility index (Phi) is 4.91. The highest BCUT2D eigenvalue weighted by Gasteiger charge is 2.35. The van der Waals surface area contributed by atoms with E-state index in [0.717, 1.165) is 13.0 Å². The van der Waals surface area contributed by atoms with Gasteiger partial charge in [0, 0.05) is 38.8 Å². The molecule has 3 nitrogen and oxygen atoms in total. The van der Waals surface area contributed by atoms with Crippen LogP contribution in [-0.4, -0.2) is 59.8 Å². The van der Waals surface area contributed by atoms with E-state index in [2.05, 4.69) is 37.5 Å². The minimum atomic E-state index is -0.0730. The molecule has 0 bridgehead atoms. The zero-order chi connectivity index (χ0) is 14.0. The zero-order valence-electron chi connectivity index (χ0n) is 13.2. The average Bonchev–Trinajstić information content (AvgIpc) is 2.34. The van der Waals surface area contributed by atoms with Crippen LogP contribution in [0.25, 0.3) is 0 Å². The van der Waals surface area contributed by atoms with Crippen LogP contribution < -0.4 is 0 Å². The number of piperazine rings is 1. The van der Waals surface area contributed by atoms with E-state index < -0.39 is 0 Å². The maximum absolute atomic E-state index is 10.2. The van der Waals surface area contributed by atoms with Crippen LogP contribution in [0.2, 0.25) is 0 Å². The molecule has 2 fully saturated rings. The van der Waals surface area contributed by atoms with Crippen molar-refractivity contribution in [1.29, 1.82) is 0 Å². The Bertz CT molecular complexity index is 282. The van der Waals surface area contributed by atoms with Gasteiger partial charge in [-0.3, -0.25) is 4.90 Å². The zero-order valence-corrected chi connectivity index (χ0v) is 13.2. The first-order valence-corrected chi connectivity index (χ1v) is 8.02. The lowest BCUT2D eigenvalue weighted by Gasteiger charge is -2.43. The van der Waals surface area contributed by atoms with Gasteiger partial charge in [-0.2, -0.15) is 0 Å².